The number of aromatic nitrogens is 1. The molecule has 0 saturated carbocycles. The zero-order valence-electron chi connectivity index (χ0n) is 20.0. The molecule has 192 valence electrons. The van der Waals surface area contributed by atoms with Crippen LogP contribution in [0.4, 0.5) is 0 Å². The Bertz CT molecular complexity index is 1420. The molecule has 0 aliphatic rings. The van der Waals surface area contributed by atoms with Gasteiger partial charge in [0.1, 0.15) is 17.5 Å². The number of hydroxylamine groups is 1. The highest BCUT2D eigenvalue weighted by Gasteiger charge is 2.39. The maximum absolute atomic E-state index is 13.1. The molecule has 0 aliphatic heterocycles. The Morgan fingerprint density at radius 3 is 2.16 bits per heavy atom. The quantitative estimate of drug-likeness (QED) is 0.148. The standard InChI is InChI=1S/C26H25N3O6S2/c1-26(2,36-22-11-14-27-15-12-22)24(25(30)28-31)29-37(32,33)23-9-7-21(8-10-23)35-20-5-3-18(4-6-20)19-13-16-34-17-19/h3-17,24,29,31H,1-2H3,(H,28,30). The second-order valence-electron chi connectivity index (χ2n) is 8.53. The van der Waals surface area contributed by atoms with Crippen LogP contribution in [0.3, 0.4) is 0 Å². The Labute approximate surface area is 218 Å². The van der Waals surface area contributed by atoms with Gasteiger partial charge in [-0.25, -0.2) is 13.9 Å². The van der Waals surface area contributed by atoms with Crippen molar-refractivity contribution in [3.8, 4) is 22.6 Å². The van der Waals surface area contributed by atoms with Crippen LogP contribution in [-0.2, 0) is 14.8 Å². The van der Waals surface area contributed by atoms with Gasteiger partial charge >= 0.3 is 0 Å². The molecule has 9 nitrogen and oxygen atoms in total. The summed E-state index contributed by atoms with van der Waals surface area (Å²) in [5, 5.41) is 9.27. The summed E-state index contributed by atoms with van der Waals surface area (Å²) in [6.45, 7) is 3.41. The molecular weight excluding hydrogens is 514 g/mol. The molecule has 37 heavy (non-hydrogen) atoms. The minimum atomic E-state index is -4.12. The van der Waals surface area contributed by atoms with Gasteiger partial charge in [-0.2, -0.15) is 4.72 Å². The number of pyridine rings is 1. The number of furan rings is 1. The lowest BCUT2D eigenvalue weighted by atomic mass is 10.0. The summed E-state index contributed by atoms with van der Waals surface area (Å²) in [5.74, 6) is 0.137. The van der Waals surface area contributed by atoms with Crippen LogP contribution in [0.2, 0.25) is 0 Å². The number of thioether (sulfide) groups is 1. The van der Waals surface area contributed by atoms with E-state index in [0.29, 0.717) is 11.5 Å². The van der Waals surface area contributed by atoms with E-state index >= 15 is 0 Å². The number of sulfonamides is 1. The summed E-state index contributed by atoms with van der Waals surface area (Å²) >= 11 is 1.27. The van der Waals surface area contributed by atoms with E-state index in [1.54, 1.807) is 68.5 Å². The first-order valence-electron chi connectivity index (χ1n) is 11.1. The molecule has 1 atom stereocenters. The van der Waals surface area contributed by atoms with Crippen molar-refractivity contribution >= 4 is 27.7 Å². The van der Waals surface area contributed by atoms with Crippen LogP contribution in [0, 0.1) is 0 Å². The van der Waals surface area contributed by atoms with Crippen LogP contribution < -0.4 is 14.9 Å². The van der Waals surface area contributed by atoms with Gasteiger partial charge in [0.2, 0.25) is 10.0 Å². The highest BCUT2D eigenvalue weighted by atomic mass is 32.2. The van der Waals surface area contributed by atoms with Gasteiger partial charge < -0.3 is 9.15 Å². The Morgan fingerprint density at radius 1 is 0.973 bits per heavy atom. The van der Waals surface area contributed by atoms with Crippen molar-refractivity contribution in [3.63, 3.8) is 0 Å². The van der Waals surface area contributed by atoms with Crippen molar-refractivity contribution in [3.05, 3.63) is 91.7 Å². The van der Waals surface area contributed by atoms with Crippen LogP contribution in [0.15, 0.2) is 106 Å². The third kappa shape index (κ3) is 6.57. The monoisotopic (exact) mass is 539 g/mol. The fourth-order valence-corrected chi connectivity index (χ4v) is 6.10. The number of benzene rings is 2. The molecule has 0 fully saturated rings. The van der Waals surface area contributed by atoms with Crippen LogP contribution in [0.25, 0.3) is 11.1 Å². The molecule has 0 saturated heterocycles. The first kappa shape index (κ1) is 26.4. The predicted molar refractivity (Wildman–Crippen MR) is 139 cm³/mol. The molecule has 4 rings (SSSR count). The van der Waals surface area contributed by atoms with Gasteiger partial charge in [-0.05, 0) is 74.0 Å². The number of hydrogen-bond donors (Lipinski definition) is 3. The minimum absolute atomic E-state index is 0.0596. The Hall–Kier alpha value is -3.64. The molecule has 0 aliphatic carbocycles. The number of rotatable bonds is 10. The van der Waals surface area contributed by atoms with E-state index in [1.165, 1.54) is 36.0 Å². The van der Waals surface area contributed by atoms with E-state index in [-0.39, 0.29) is 4.90 Å². The molecule has 3 N–H and O–H groups in total. The molecule has 4 aromatic rings. The third-order valence-corrected chi connectivity index (χ3v) is 8.16. The lowest BCUT2D eigenvalue weighted by molar-refractivity contribution is -0.131. The number of carbonyl (C=O) groups excluding carboxylic acids is 1. The maximum atomic E-state index is 13.1. The lowest BCUT2D eigenvalue weighted by Gasteiger charge is -2.32. The van der Waals surface area contributed by atoms with E-state index in [9.17, 15) is 18.4 Å². The van der Waals surface area contributed by atoms with E-state index < -0.39 is 26.7 Å². The van der Waals surface area contributed by atoms with E-state index in [2.05, 4.69) is 9.71 Å². The Kier molecular flexibility index (Phi) is 7.98. The molecule has 2 aromatic carbocycles. The lowest BCUT2D eigenvalue weighted by Crippen LogP contribution is -2.55. The largest absolute Gasteiger partial charge is 0.472 e. The molecule has 1 amide bonds. The van der Waals surface area contributed by atoms with Gasteiger partial charge in [0, 0.05) is 27.6 Å². The molecule has 11 heteroatoms. The second kappa shape index (κ2) is 11.2. The second-order valence-corrected chi connectivity index (χ2v) is 12.0. The van der Waals surface area contributed by atoms with Crippen LogP contribution in [0.5, 0.6) is 11.5 Å². The summed E-state index contributed by atoms with van der Waals surface area (Å²) in [6.07, 6.45) is 6.45. The van der Waals surface area contributed by atoms with E-state index in [0.717, 1.165) is 16.0 Å². The van der Waals surface area contributed by atoms with E-state index in [1.807, 2.05) is 18.2 Å². The minimum Gasteiger partial charge on any atom is -0.472 e. The van der Waals surface area contributed by atoms with Crippen molar-refractivity contribution in [1.29, 1.82) is 0 Å². The smallest absolute Gasteiger partial charge is 0.262 e. The fraction of sp³-hybridized carbons (Fsp3) is 0.154. The molecular formula is C26H25N3O6S2. The summed E-state index contributed by atoms with van der Waals surface area (Å²) < 4.78 is 38.7. The Balaban J connectivity index is 1.47. The van der Waals surface area contributed by atoms with Crippen LogP contribution >= 0.6 is 11.8 Å². The molecule has 0 spiro atoms. The number of ether oxygens (including phenoxy) is 1. The van der Waals surface area contributed by atoms with Gasteiger partial charge in [-0.1, -0.05) is 12.1 Å². The van der Waals surface area contributed by atoms with Crippen molar-refractivity contribution in [2.75, 3.05) is 0 Å². The molecule has 1 unspecified atom stereocenters. The third-order valence-electron chi connectivity index (χ3n) is 5.45. The zero-order chi connectivity index (χ0) is 26.5. The highest BCUT2D eigenvalue weighted by Crippen LogP contribution is 2.36. The predicted octanol–water partition coefficient (Wildman–Crippen LogP) is 4.86. The average molecular weight is 540 g/mol. The molecule has 0 radical (unpaired) electrons. The molecule has 0 bridgehead atoms. The first-order chi connectivity index (χ1) is 17.7. The maximum Gasteiger partial charge on any atom is 0.262 e. The first-order valence-corrected chi connectivity index (χ1v) is 13.4. The topological polar surface area (TPSA) is 131 Å². The Morgan fingerprint density at radius 2 is 1.59 bits per heavy atom. The van der Waals surface area contributed by atoms with Gasteiger partial charge in [-0.3, -0.25) is 15.0 Å². The average Bonchev–Trinajstić information content (AvgIpc) is 3.43. The highest BCUT2D eigenvalue weighted by molar-refractivity contribution is 8.00. The van der Waals surface area contributed by atoms with Crippen LogP contribution in [-0.4, -0.2) is 35.3 Å². The summed E-state index contributed by atoms with van der Waals surface area (Å²) in [4.78, 5) is 17.2. The van der Waals surface area contributed by atoms with Gasteiger partial charge in [0.05, 0.1) is 17.4 Å². The zero-order valence-corrected chi connectivity index (χ0v) is 21.6. The summed E-state index contributed by atoms with van der Waals surface area (Å²) in [7, 11) is -4.12. The normalized spacial score (nSPS) is 12.6. The SMILES string of the molecule is CC(C)(Sc1ccncc1)C(NS(=O)(=O)c1ccc(Oc2ccc(-c3ccoc3)cc2)cc1)C(=O)NO. The van der Waals surface area contributed by atoms with Crippen LogP contribution in [0.1, 0.15) is 13.8 Å². The number of hydrogen-bond acceptors (Lipinski definition) is 8. The van der Waals surface area contributed by atoms with Gasteiger partial charge in [0.25, 0.3) is 5.91 Å². The number of amides is 1. The van der Waals surface area contributed by atoms with Crippen molar-refractivity contribution in [2.45, 2.75) is 34.4 Å². The van der Waals surface area contributed by atoms with Gasteiger partial charge in [-0.15, -0.1) is 11.8 Å². The van der Waals surface area contributed by atoms with Crippen molar-refractivity contribution < 1.29 is 27.6 Å². The van der Waals surface area contributed by atoms with Gasteiger partial charge in [0.15, 0.2) is 0 Å². The van der Waals surface area contributed by atoms with E-state index in [4.69, 9.17) is 9.15 Å². The van der Waals surface area contributed by atoms with Crippen molar-refractivity contribution in [2.24, 2.45) is 0 Å². The summed E-state index contributed by atoms with van der Waals surface area (Å²) in [5.41, 5.74) is 3.48. The summed E-state index contributed by atoms with van der Waals surface area (Å²) in [6, 6.07) is 17.3. The number of carbonyl (C=O) groups is 1. The van der Waals surface area contributed by atoms with Crippen molar-refractivity contribution in [1.82, 2.24) is 15.2 Å². The number of nitrogens with one attached hydrogen (secondary N) is 2. The number of nitrogens with zero attached hydrogens (tertiary/aromatic N) is 1. The fourth-order valence-electron chi connectivity index (χ4n) is 3.53. The molecule has 2 aromatic heterocycles. The molecule has 2 heterocycles.